The molecule has 1 unspecified atom stereocenters. The van der Waals surface area contributed by atoms with Gasteiger partial charge in [-0.15, -0.1) is 0 Å². The number of hydrogen-bond donors (Lipinski definition) is 1. The van der Waals surface area contributed by atoms with Gasteiger partial charge in [0.2, 0.25) is 15.9 Å². The van der Waals surface area contributed by atoms with Crippen molar-refractivity contribution in [3.8, 4) is 0 Å². The van der Waals surface area contributed by atoms with Gasteiger partial charge in [-0.25, -0.2) is 13.4 Å². The Hall–Kier alpha value is -3.30. The highest BCUT2D eigenvalue weighted by Gasteiger charge is 2.37. The van der Waals surface area contributed by atoms with Crippen LogP contribution in [0.5, 0.6) is 0 Å². The number of anilines is 1. The molecule has 178 valence electrons. The van der Waals surface area contributed by atoms with Crippen molar-refractivity contribution in [3.05, 3.63) is 70.7 Å². The van der Waals surface area contributed by atoms with Gasteiger partial charge in [0.05, 0.1) is 5.92 Å². The Morgan fingerprint density at radius 1 is 1.09 bits per heavy atom. The van der Waals surface area contributed by atoms with Gasteiger partial charge in [0, 0.05) is 19.3 Å². The van der Waals surface area contributed by atoms with E-state index in [4.69, 9.17) is 4.52 Å². The molecule has 34 heavy (non-hydrogen) atoms. The van der Waals surface area contributed by atoms with Gasteiger partial charge >= 0.3 is 0 Å². The second-order valence-electron chi connectivity index (χ2n) is 8.62. The molecule has 0 saturated carbocycles. The van der Waals surface area contributed by atoms with Crippen LogP contribution in [0, 0.1) is 26.7 Å². The van der Waals surface area contributed by atoms with Crippen LogP contribution in [-0.2, 0) is 14.8 Å². The highest BCUT2D eigenvalue weighted by molar-refractivity contribution is 7.89. The van der Waals surface area contributed by atoms with Crippen LogP contribution in [0.25, 0.3) is 12.2 Å². The van der Waals surface area contributed by atoms with Crippen LogP contribution >= 0.6 is 0 Å². The summed E-state index contributed by atoms with van der Waals surface area (Å²) in [6.07, 6.45) is 6.27. The van der Waals surface area contributed by atoms with Crippen LogP contribution in [0.3, 0.4) is 0 Å². The van der Waals surface area contributed by atoms with Crippen molar-refractivity contribution in [1.82, 2.24) is 14.4 Å². The number of rotatable bonds is 6. The van der Waals surface area contributed by atoms with Gasteiger partial charge in [-0.2, -0.15) is 4.31 Å². The fraction of sp³-hybridized carbons (Fsp3) is 0.320. The molecule has 1 atom stereocenters. The maximum absolute atomic E-state index is 13.6. The van der Waals surface area contributed by atoms with Crippen molar-refractivity contribution in [3.63, 3.8) is 0 Å². The van der Waals surface area contributed by atoms with E-state index in [-0.39, 0.29) is 23.1 Å². The van der Waals surface area contributed by atoms with Gasteiger partial charge in [-0.3, -0.25) is 4.79 Å². The number of hydrogen-bond acceptors (Lipinski definition) is 6. The summed E-state index contributed by atoms with van der Waals surface area (Å²) in [6, 6.07) is 11.4. The van der Waals surface area contributed by atoms with Gasteiger partial charge < -0.3 is 9.84 Å². The third-order valence-corrected chi connectivity index (χ3v) is 7.88. The van der Waals surface area contributed by atoms with E-state index in [1.54, 1.807) is 31.3 Å². The van der Waals surface area contributed by atoms with Gasteiger partial charge in [0.25, 0.3) is 0 Å². The molecule has 0 bridgehead atoms. The molecule has 0 aliphatic carbocycles. The number of sulfonamides is 1. The maximum atomic E-state index is 13.6. The Labute approximate surface area is 199 Å². The lowest BCUT2D eigenvalue weighted by atomic mass is 9.99. The van der Waals surface area contributed by atoms with Gasteiger partial charge in [-0.1, -0.05) is 47.1 Å². The first-order chi connectivity index (χ1) is 16.2. The minimum Gasteiger partial charge on any atom is -0.355 e. The van der Waals surface area contributed by atoms with Crippen molar-refractivity contribution in [2.24, 2.45) is 5.92 Å². The smallest absolute Gasteiger partial charge is 0.248 e. The van der Waals surface area contributed by atoms with Gasteiger partial charge in [0.15, 0.2) is 10.7 Å². The fourth-order valence-corrected chi connectivity index (χ4v) is 5.70. The zero-order valence-corrected chi connectivity index (χ0v) is 20.3. The highest BCUT2D eigenvalue weighted by atomic mass is 32.2. The lowest BCUT2D eigenvalue weighted by Gasteiger charge is -2.31. The quantitative estimate of drug-likeness (QED) is 0.567. The average molecular weight is 481 g/mol. The van der Waals surface area contributed by atoms with E-state index in [2.05, 4.69) is 15.5 Å². The van der Waals surface area contributed by atoms with E-state index < -0.39 is 15.9 Å². The summed E-state index contributed by atoms with van der Waals surface area (Å²) < 4.78 is 33.8. The Bertz CT molecular complexity index is 1300. The molecular formula is C25H28N4O4S. The molecule has 1 aliphatic heterocycles. The van der Waals surface area contributed by atoms with Crippen molar-refractivity contribution >= 4 is 33.9 Å². The molecule has 2 aromatic heterocycles. The molecule has 9 heteroatoms. The number of piperidine rings is 1. The molecule has 1 N–H and O–H groups in total. The molecule has 1 aromatic carbocycles. The monoisotopic (exact) mass is 480 g/mol. The third kappa shape index (κ3) is 5.26. The SMILES string of the molecule is Cc1ccc(/C=C/c2onc(C)c2S(=O)(=O)N2CCCC(C(=O)Nc3ccc(C)cn3)C2)cc1. The van der Waals surface area contributed by atoms with E-state index in [9.17, 15) is 13.2 Å². The second-order valence-corrected chi connectivity index (χ2v) is 10.5. The van der Waals surface area contributed by atoms with Crippen molar-refractivity contribution in [2.45, 2.75) is 38.5 Å². The number of carbonyl (C=O) groups is 1. The normalized spacial score (nSPS) is 17.2. The Kier molecular flexibility index (Phi) is 6.95. The molecular weight excluding hydrogens is 452 g/mol. The molecule has 1 aliphatic rings. The van der Waals surface area contributed by atoms with Crippen molar-refractivity contribution < 1.29 is 17.7 Å². The molecule has 4 rings (SSSR count). The van der Waals surface area contributed by atoms with Crippen molar-refractivity contribution in [2.75, 3.05) is 18.4 Å². The molecule has 1 amide bonds. The summed E-state index contributed by atoms with van der Waals surface area (Å²) in [6.45, 7) is 5.95. The predicted octanol–water partition coefficient (Wildman–Crippen LogP) is 4.20. The van der Waals surface area contributed by atoms with Crippen LogP contribution < -0.4 is 5.32 Å². The van der Waals surface area contributed by atoms with Crippen molar-refractivity contribution in [1.29, 1.82) is 0 Å². The van der Waals surface area contributed by atoms with E-state index in [0.29, 0.717) is 30.9 Å². The summed E-state index contributed by atoms with van der Waals surface area (Å²) in [4.78, 5) is 17.1. The predicted molar refractivity (Wildman–Crippen MR) is 130 cm³/mol. The van der Waals surface area contributed by atoms with E-state index in [0.717, 1.165) is 16.7 Å². The largest absolute Gasteiger partial charge is 0.355 e. The minimum absolute atomic E-state index is 0.0390. The standard InChI is InChI=1S/C25H28N4O4S/c1-17-6-9-20(10-7-17)11-12-22-24(19(3)28-33-22)34(31,32)29-14-4-5-21(16-29)25(30)27-23-13-8-18(2)15-26-23/h6-13,15,21H,4-5,14,16H2,1-3H3,(H,26,27,30)/b12-11+. The first-order valence-corrected chi connectivity index (χ1v) is 12.6. The molecule has 3 aromatic rings. The lowest BCUT2D eigenvalue weighted by molar-refractivity contribution is -0.120. The van der Waals surface area contributed by atoms with E-state index >= 15 is 0 Å². The Morgan fingerprint density at radius 3 is 2.53 bits per heavy atom. The summed E-state index contributed by atoms with van der Waals surface area (Å²) in [5.41, 5.74) is 3.34. The van der Waals surface area contributed by atoms with Crippen LogP contribution in [0.2, 0.25) is 0 Å². The number of aromatic nitrogens is 2. The lowest BCUT2D eigenvalue weighted by Crippen LogP contribution is -2.44. The van der Waals surface area contributed by atoms with Gasteiger partial charge in [-0.05, 0) is 56.9 Å². The summed E-state index contributed by atoms with van der Waals surface area (Å²) in [5, 5.41) is 6.70. The first-order valence-electron chi connectivity index (χ1n) is 11.2. The zero-order chi connectivity index (χ0) is 24.3. The minimum atomic E-state index is -3.91. The topological polar surface area (TPSA) is 105 Å². The molecule has 0 spiro atoms. The number of pyridine rings is 1. The number of aryl methyl sites for hydroxylation is 3. The van der Waals surface area contributed by atoms with Crippen LogP contribution in [0.1, 0.15) is 41.0 Å². The summed E-state index contributed by atoms with van der Waals surface area (Å²) in [5.74, 6) is -0.0846. The molecule has 0 radical (unpaired) electrons. The van der Waals surface area contributed by atoms with Crippen LogP contribution in [0.4, 0.5) is 5.82 Å². The molecule has 1 fully saturated rings. The first kappa shape index (κ1) is 23.8. The van der Waals surface area contributed by atoms with E-state index in [1.807, 2.05) is 44.2 Å². The van der Waals surface area contributed by atoms with Gasteiger partial charge in [0.1, 0.15) is 11.5 Å². The fourth-order valence-electron chi connectivity index (χ4n) is 3.92. The third-order valence-electron chi connectivity index (χ3n) is 5.85. The number of amides is 1. The molecule has 8 nitrogen and oxygen atoms in total. The van der Waals surface area contributed by atoms with Crippen LogP contribution in [-0.4, -0.2) is 41.9 Å². The summed E-state index contributed by atoms with van der Waals surface area (Å²) in [7, 11) is -3.91. The second kappa shape index (κ2) is 9.90. The Balaban J connectivity index is 1.52. The van der Waals surface area contributed by atoms with E-state index in [1.165, 1.54) is 4.31 Å². The number of benzene rings is 1. The zero-order valence-electron chi connectivity index (χ0n) is 19.5. The Morgan fingerprint density at radius 2 is 1.82 bits per heavy atom. The number of nitrogens with zero attached hydrogens (tertiary/aromatic N) is 3. The van der Waals surface area contributed by atoms with Crippen LogP contribution in [0.15, 0.2) is 52.0 Å². The molecule has 1 saturated heterocycles. The summed E-state index contributed by atoms with van der Waals surface area (Å²) >= 11 is 0. The maximum Gasteiger partial charge on any atom is 0.248 e. The number of nitrogens with one attached hydrogen (secondary N) is 1. The molecule has 3 heterocycles. The highest BCUT2D eigenvalue weighted by Crippen LogP contribution is 2.29. The number of carbonyl (C=O) groups excluding carboxylic acids is 1. The average Bonchev–Trinajstić information content (AvgIpc) is 3.21.